The van der Waals surface area contributed by atoms with Crippen molar-refractivity contribution in [2.24, 2.45) is 5.73 Å². The van der Waals surface area contributed by atoms with Crippen LogP contribution in [0.2, 0.25) is 0 Å². The van der Waals surface area contributed by atoms with E-state index in [9.17, 15) is 0 Å². The van der Waals surface area contributed by atoms with Crippen LogP contribution in [0.15, 0.2) is 24.3 Å². The fourth-order valence-electron chi connectivity index (χ4n) is 3.00. The monoisotopic (exact) mass is 232 g/mol. The fourth-order valence-corrected chi connectivity index (χ4v) is 3.00. The zero-order chi connectivity index (χ0) is 11.9. The van der Waals surface area contributed by atoms with Crippen LogP contribution in [-0.4, -0.2) is 30.6 Å². The Kier molecular flexibility index (Phi) is 2.60. The molecule has 2 aliphatic rings. The first-order chi connectivity index (χ1) is 8.19. The molecule has 1 aromatic carbocycles. The second-order valence-electron chi connectivity index (χ2n) is 5.44. The van der Waals surface area contributed by atoms with Crippen molar-refractivity contribution in [1.29, 1.82) is 0 Å². The maximum Gasteiger partial charge on any atom is 0.124 e. The molecule has 0 aliphatic carbocycles. The molecule has 0 amide bonds. The van der Waals surface area contributed by atoms with Crippen LogP contribution in [0.5, 0.6) is 5.75 Å². The van der Waals surface area contributed by atoms with Gasteiger partial charge in [-0.15, -0.1) is 0 Å². The molecule has 3 rings (SSSR count). The summed E-state index contributed by atoms with van der Waals surface area (Å²) in [5, 5.41) is 0. The number of ether oxygens (including phenoxy) is 1. The minimum Gasteiger partial charge on any atom is -0.487 e. The van der Waals surface area contributed by atoms with Crippen molar-refractivity contribution in [1.82, 2.24) is 4.90 Å². The van der Waals surface area contributed by atoms with E-state index >= 15 is 0 Å². The van der Waals surface area contributed by atoms with Gasteiger partial charge < -0.3 is 15.4 Å². The Balaban J connectivity index is 1.88. The predicted molar refractivity (Wildman–Crippen MR) is 68.1 cm³/mol. The Morgan fingerprint density at radius 2 is 2.00 bits per heavy atom. The highest BCUT2D eigenvalue weighted by Crippen LogP contribution is 2.42. The molecule has 1 aromatic rings. The molecule has 3 nitrogen and oxygen atoms in total. The minimum atomic E-state index is -0.0136. The number of nitrogens with two attached hydrogens (primary N) is 1. The summed E-state index contributed by atoms with van der Waals surface area (Å²) in [5.74, 6) is 0.996. The Hall–Kier alpha value is -1.06. The van der Waals surface area contributed by atoms with E-state index in [2.05, 4.69) is 24.1 Å². The zero-order valence-electron chi connectivity index (χ0n) is 10.4. The van der Waals surface area contributed by atoms with Gasteiger partial charge in [-0.05, 0) is 26.0 Å². The average Bonchev–Trinajstić information content (AvgIpc) is 2.34. The summed E-state index contributed by atoms with van der Waals surface area (Å²) < 4.78 is 6.27. The molecule has 0 saturated carbocycles. The van der Waals surface area contributed by atoms with Crippen molar-refractivity contribution >= 4 is 0 Å². The van der Waals surface area contributed by atoms with Gasteiger partial charge in [0.15, 0.2) is 0 Å². The van der Waals surface area contributed by atoms with Gasteiger partial charge in [0, 0.05) is 31.1 Å². The van der Waals surface area contributed by atoms with Gasteiger partial charge in [0.2, 0.25) is 0 Å². The van der Waals surface area contributed by atoms with Crippen LogP contribution in [0.25, 0.3) is 0 Å². The lowest BCUT2D eigenvalue weighted by Crippen LogP contribution is -2.50. The molecule has 2 heterocycles. The van der Waals surface area contributed by atoms with E-state index in [0.717, 1.165) is 43.7 Å². The van der Waals surface area contributed by atoms with Crippen molar-refractivity contribution < 1.29 is 4.74 Å². The average molecular weight is 232 g/mol. The van der Waals surface area contributed by atoms with E-state index < -0.39 is 0 Å². The molecular formula is C14H20N2O. The van der Waals surface area contributed by atoms with Gasteiger partial charge in [0.1, 0.15) is 11.4 Å². The maximum absolute atomic E-state index is 6.29. The SMILES string of the molecule is CN1CCC2(CC1)C[C@@H](N)c1ccccc1O2. The molecule has 0 aromatic heterocycles. The van der Waals surface area contributed by atoms with Gasteiger partial charge in [0.05, 0.1) is 0 Å². The van der Waals surface area contributed by atoms with Gasteiger partial charge in [-0.1, -0.05) is 18.2 Å². The first-order valence-corrected chi connectivity index (χ1v) is 6.41. The summed E-state index contributed by atoms with van der Waals surface area (Å²) in [6.07, 6.45) is 3.13. The number of nitrogens with zero attached hydrogens (tertiary/aromatic N) is 1. The third-order valence-corrected chi connectivity index (χ3v) is 4.14. The third-order valence-electron chi connectivity index (χ3n) is 4.14. The molecule has 2 N–H and O–H groups in total. The fraction of sp³-hybridized carbons (Fsp3) is 0.571. The topological polar surface area (TPSA) is 38.5 Å². The minimum absolute atomic E-state index is 0.0136. The Bertz CT molecular complexity index is 410. The van der Waals surface area contributed by atoms with Crippen molar-refractivity contribution in [3.8, 4) is 5.75 Å². The molecule has 0 unspecified atom stereocenters. The van der Waals surface area contributed by atoms with Crippen LogP contribution in [0.4, 0.5) is 0 Å². The number of likely N-dealkylation sites (tertiary alicyclic amines) is 1. The Morgan fingerprint density at radius 1 is 1.29 bits per heavy atom. The molecule has 0 radical (unpaired) electrons. The van der Waals surface area contributed by atoms with Gasteiger partial charge in [0.25, 0.3) is 0 Å². The molecule has 1 fully saturated rings. The van der Waals surface area contributed by atoms with Crippen LogP contribution in [0.1, 0.15) is 30.9 Å². The normalized spacial score (nSPS) is 27.5. The van der Waals surface area contributed by atoms with Gasteiger partial charge in [-0.2, -0.15) is 0 Å². The molecule has 17 heavy (non-hydrogen) atoms. The molecule has 0 bridgehead atoms. The molecule has 1 saturated heterocycles. The highest BCUT2D eigenvalue weighted by Gasteiger charge is 2.41. The van der Waals surface area contributed by atoms with Gasteiger partial charge >= 0.3 is 0 Å². The highest BCUT2D eigenvalue weighted by atomic mass is 16.5. The molecule has 1 spiro atoms. The van der Waals surface area contributed by atoms with E-state index in [1.54, 1.807) is 0 Å². The van der Waals surface area contributed by atoms with Gasteiger partial charge in [-0.25, -0.2) is 0 Å². The van der Waals surface area contributed by atoms with Crippen LogP contribution in [0.3, 0.4) is 0 Å². The third kappa shape index (κ3) is 1.94. The number of benzene rings is 1. The standard InChI is InChI=1S/C14H20N2O/c1-16-8-6-14(7-9-16)10-12(15)11-4-2-3-5-13(11)17-14/h2-5,12H,6-10,15H2,1H3/t12-/m1/s1. The lowest BCUT2D eigenvalue weighted by atomic mass is 9.81. The summed E-state index contributed by atoms with van der Waals surface area (Å²) in [5.41, 5.74) is 7.44. The van der Waals surface area contributed by atoms with Crippen LogP contribution >= 0.6 is 0 Å². The highest BCUT2D eigenvalue weighted by molar-refractivity contribution is 5.38. The lowest BCUT2D eigenvalue weighted by Gasteiger charge is -2.45. The van der Waals surface area contributed by atoms with Crippen molar-refractivity contribution in [3.05, 3.63) is 29.8 Å². The molecule has 1 atom stereocenters. The van der Waals surface area contributed by atoms with Crippen molar-refractivity contribution in [2.75, 3.05) is 20.1 Å². The smallest absolute Gasteiger partial charge is 0.124 e. The summed E-state index contributed by atoms with van der Waals surface area (Å²) in [6.45, 7) is 2.21. The summed E-state index contributed by atoms with van der Waals surface area (Å²) in [4.78, 5) is 2.36. The summed E-state index contributed by atoms with van der Waals surface area (Å²) in [7, 11) is 2.17. The molecule has 2 aliphatic heterocycles. The quantitative estimate of drug-likeness (QED) is 0.743. The van der Waals surface area contributed by atoms with E-state index in [0.29, 0.717) is 0 Å². The zero-order valence-corrected chi connectivity index (χ0v) is 10.4. The van der Waals surface area contributed by atoms with Crippen molar-refractivity contribution in [3.63, 3.8) is 0 Å². The van der Waals surface area contributed by atoms with Crippen LogP contribution < -0.4 is 10.5 Å². The number of para-hydroxylation sites is 1. The second kappa shape index (κ2) is 4.00. The second-order valence-corrected chi connectivity index (χ2v) is 5.44. The van der Waals surface area contributed by atoms with E-state index in [1.807, 2.05) is 12.1 Å². The first-order valence-electron chi connectivity index (χ1n) is 6.41. The molecule has 92 valence electrons. The van der Waals surface area contributed by atoms with E-state index in [4.69, 9.17) is 10.5 Å². The lowest BCUT2D eigenvalue weighted by molar-refractivity contribution is -0.0163. The van der Waals surface area contributed by atoms with E-state index in [1.165, 1.54) is 0 Å². The summed E-state index contributed by atoms with van der Waals surface area (Å²) in [6, 6.07) is 8.33. The number of hydrogen-bond donors (Lipinski definition) is 1. The van der Waals surface area contributed by atoms with E-state index in [-0.39, 0.29) is 11.6 Å². The van der Waals surface area contributed by atoms with Gasteiger partial charge in [-0.3, -0.25) is 0 Å². The van der Waals surface area contributed by atoms with Crippen LogP contribution in [-0.2, 0) is 0 Å². The first kappa shape index (κ1) is 11.1. The Morgan fingerprint density at radius 3 is 2.76 bits per heavy atom. The molecule has 3 heteroatoms. The van der Waals surface area contributed by atoms with Crippen LogP contribution in [0, 0.1) is 0 Å². The summed E-state index contributed by atoms with van der Waals surface area (Å²) >= 11 is 0. The predicted octanol–water partition coefficient (Wildman–Crippen LogP) is 1.93. The number of piperidine rings is 1. The Labute approximate surface area is 103 Å². The largest absolute Gasteiger partial charge is 0.487 e. The number of hydrogen-bond acceptors (Lipinski definition) is 3. The number of fused-ring (bicyclic) bond motifs is 1. The number of rotatable bonds is 0. The molecular weight excluding hydrogens is 212 g/mol. The van der Waals surface area contributed by atoms with Crippen molar-refractivity contribution in [2.45, 2.75) is 30.9 Å². The maximum atomic E-state index is 6.29.